The van der Waals surface area contributed by atoms with E-state index in [4.69, 9.17) is 5.73 Å². The molecule has 0 spiro atoms. The SMILES string of the molecule is Cc1cc(C)n(-c2ccc(SC(C)c3nc(N)nc(N(C)C)n3)nn2)n1. The van der Waals surface area contributed by atoms with E-state index >= 15 is 0 Å². The van der Waals surface area contributed by atoms with E-state index < -0.39 is 0 Å². The number of thioether (sulfide) groups is 1. The third-order valence-corrected chi connectivity index (χ3v) is 4.60. The van der Waals surface area contributed by atoms with Gasteiger partial charge in [0.15, 0.2) is 5.82 Å². The smallest absolute Gasteiger partial charge is 0.229 e. The largest absolute Gasteiger partial charge is 0.368 e. The fraction of sp³-hybridized carbons (Fsp3) is 0.375. The van der Waals surface area contributed by atoms with E-state index in [2.05, 4.69) is 30.2 Å². The fourth-order valence-corrected chi connectivity index (χ4v) is 3.17. The monoisotopic (exact) mass is 371 g/mol. The molecule has 0 aliphatic heterocycles. The maximum absolute atomic E-state index is 5.79. The van der Waals surface area contributed by atoms with Crippen molar-refractivity contribution in [1.29, 1.82) is 0 Å². The molecule has 0 radical (unpaired) electrons. The minimum Gasteiger partial charge on any atom is -0.368 e. The summed E-state index contributed by atoms with van der Waals surface area (Å²) in [4.78, 5) is 14.6. The van der Waals surface area contributed by atoms with Crippen LogP contribution in [0.2, 0.25) is 0 Å². The number of nitrogens with two attached hydrogens (primary N) is 1. The zero-order valence-corrected chi connectivity index (χ0v) is 16.2. The molecule has 1 unspecified atom stereocenters. The molecule has 2 N–H and O–H groups in total. The predicted octanol–water partition coefficient (Wildman–Crippen LogP) is 1.97. The molecule has 9 nitrogen and oxygen atoms in total. The van der Waals surface area contributed by atoms with Gasteiger partial charge in [-0.15, -0.1) is 10.2 Å². The molecule has 3 heterocycles. The molecule has 0 saturated carbocycles. The Kier molecular flexibility index (Phi) is 5.03. The van der Waals surface area contributed by atoms with E-state index in [0.717, 1.165) is 16.4 Å². The first-order valence-electron chi connectivity index (χ1n) is 8.06. The Morgan fingerprint density at radius 1 is 1.12 bits per heavy atom. The summed E-state index contributed by atoms with van der Waals surface area (Å²) in [6, 6.07) is 5.81. The van der Waals surface area contributed by atoms with Gasteiger partial charge in [0.25, 0.3) is 0 Å². The van der Waals surface area contributed by atoms with Gasteiger partial charge < -0.3 is 10.6 Å². The van der Waals surface area contributed by atoms with Gasteiger partial charge in [-0.05, 0) is 39.0 Å². The van der Waals surface area contributed by atoms with Crippen molar-refractivity contribution in [1.82, 2.24) is 34.9 Å². The lowest BCUT2D eigenvalue weighted by Gasteiger charge is -2.14. The molecular formula is C16H21N9S. The van der Waals surface area contributed by atoms with Crippen LogP contribution in [-0.2, 0) is 0 Å². The van der Waals surface area contributed by atoms with Gasteiger partial charge in [-0.1, -0.05) is 11.8 Å². The summed E-state index contributed by atoms with van der Waals surface area (Å²) in [5.74, 6) is 2.03. The molecule has 26 heavy (non-hydrogen) atoms. The number of hydrogen-bond donors (Lipinski definition) is 1. The van der Waals surface area contributed by atoms with Crippen molar-refractivity contribution in [2.24, 2.45) is 0 Å². The van der Waals surface area contributed by atoms with Gasteiger partial charge in [0, 0.05) is 19.8 Å². The molecule has 136 valence electrons. The first kappa shape index (κ1) is 18.1. The van der Waals surface area contributed by atoms with Crippen LogP contribution in [0.5, 0.6) is 0 Å². The van der Waals surface area contributed by atoms with Crippen molar-refractivity contribution >= 4 is 23.7 Å². The first-order chi connectivity index (χ1) is 12.3. The lowest BCUT2D eigenvalue weighted by Crippen LogP contribution is -2.16. The summed E-state index contributed by atoms with van der Waals surface area (Å²) in [6.45, 7) is 5.93. The molecule has 0 aromatic carbocycles. The molecule has 3 aromatic rings. The second-order valence-electron chi connectivity index (χ2n) is 6.07. The van der Waals surface area contributed by atoms with Crippen LogP contribution in [0.1, 0.15) is 29.4 Å². The average molecular weight is 371 g/mol. The van der Waals surface area contributed by atoms with Crippen LogP contribution in [0.15, 0.2) is 23.2 Å². The van der Waals surface area contributed by atoms with Crippen LogP contribution in [0.25, 0.3) is 5.82 Å². The van der Waals surface area contributed by atoms with E-state index in [9.17, 15) is 0 Å². The molecular weight excluding hydrogens is 350 g/mol. The Labute approximate surface area is 156 Å². The van der Waals surface area contributed by atoms with Crippen molar-refractivity contribution in [2.45, 2.75) is 31.0 Å². The van der Waals surface area contributed by atoms with Crippen LogP contribution < -0.4 is 10.6 Å². The third-order valence-electron chi connectivity index (χ3n) is 3.57. The first-order valence-corrected chi connectivity index (χ1v) is 8.94. The highest BCUT2D eigenvalue weighted by Gasteiger charge is 2.16. The molecule has 1 atom stereocenters. The highest BCUT2D eigenvalue weighted by atomic mass is 32.2. The summed E-state index contributed by atoms with van der Waals surface area (Å²) < 4.78 is 1.77. The Morgan fingerprint density at radius 3 is 2.46 bits per heavy atom. The molecule has 0 aliphatic rings. The zero-order valence-electron chi connectivity index (χ0n) is 15.4. The van der Waals surface area contributed by atoms with Gasteiger partial charge in [0.2, 0.25) is 11.9 Å². The summed E-state index contributed by atoms with van der Waals surface area (Å²) in [5.41, 5.74) is 7.75. The van der Waals surface area contributed by atoms with Crippen LogP contribution >= 0.6 is 11.8 Å². The topological polar surface area (TPSA) is 112 Å². The molecule has 0 aliphatic carbocycles. The standard InChI is InChI=1S/C16H21N9S/c1-9-8-10(2)25(23-9)12-6-7-13(22-21-12)26-11(3)14-18-15(17)20-16(19-14)24(4)5/h6-8,11H,1-5H3,(H2,17,18,19,20). The van der Waals surface area contributed by atoms with E-state index in [1.165, 1.54) is 11.8 Å². The summed E-state index contributed by atoms with van der Waals surface area (Å²) in [5, 5.41) is 13.7. The van der Waals surface area contributed by atoms with E-state index in [-0.39, 0.29) is 11.2 Å². The second-order valence-corrected chi connectivity index (χ2v) is 7.44. The van der Waals surface area contributed by atoms with Crippen LogP contribution in [0.4, 0.5) is 11.9 Å². The third kappa shape index (κ3) is 3.90. The molecule has 0 amide bonds. The van der Waals surface area contributed by atoms with Crippen molar-refractivity contribution in [3.63, 3.8) is 0 Å². The zero-order chi connectivity index (χ0) is 18.8. The van der Waals surface area contributed by atoms with Crippen LogP contribution in [-0.4, -0.2) is 49.0 Å². The molecule has 10 heteroatoms. The van der Waals surface area contributed by atoms with E-state index in [1.807, 2.05) is 53.1 Å². The maximum atomic E-state index is 5.79. The number of aromatic nitrogens is 7. The van der Waals surface area contributed by atoms with Gasteiger partial charge >= 0.3 is 0 Å². The summed E-state index contributed by atoms with van der Waals surface area (Å²) >= 11 is 1.51. The van der Waals surface area contributed by atoms with Crippen LogP contribution in [0.3, 0.4) is 0 Å². The summed E-state index contributed by atoms with van der Waals surface area (Å²) in [6.07, 6.45) is 0. The molecule has 3 aromatic heterocycles. The number of aryl methyl sites for hydroxylation is 2. The van der Waals surface area contributed by atoms with E-state index in [1.54, 1.807) is 9.58 Å². The Balaban J connectivity index is 1.78. The maximum Gasteiger partial charge on any atom is 0.229 e. The van der Waals surface area contributed by atoms with Crippen molar-refractivity contribution in [2.75, 3.05) is 24.7 Å². The Bertz CT molecular complexity index is 905. The Hall–Kier alpha value is -2.75. The molecule has 0 saturated heterocycles. The van der Waals surface area contributed by atoms with Gasteiger partial charge in [0.05, 0.1) is 10.9 Å². The fourth-order valence-electron chi connectivity index (χ4n) is 2.36. The quantitative estimate of drug-likeness (QED) is 0.673. The number of rotatable bonds is 5. The minimum atomic E-state index is -0.0483. The Morgan fingerprint density at radius 2 is 1.88 bits per heavy atom. The van der Waals surface area contributed by atoms with Gasteiger partial charge in [0.1, 0.15) is 10.9 Å². The van der Waals surface area contributed by atoms with Gasteiger partial charge in [-0.3, -0.25) is 0 Å². The minimum absolute atomic E-state index is 0.0483. The molecule has 3 rings (SSSR count). The van der Waals surface area contributed by atoms with Crippen molar-refractivity contribution < 1.29 is 0 Å². The van der Waals surface area contributed by atoms with Crippen molar-refractivity contribution in [3.05, 3.63) is 35.4 Å². The normalized spacial score (nSPS) is 12.2. The number of nitrogen functional groups attached to an aromatic ring is 1. The molecule has 0 bridgehead atoms. The highest BCUT2D eigenvalue weighted by molar-refractivity contribution is 7.99. The lowest BCUT2D eigenvalue weighted by atomic mass is 10.4. The highest BCUT2D eigenvalue weighted by Crippen LogP contribution is 2.32. The summed E-state index contributed by atoms with van der Waals surface area (Å²) in [7, 11) is 3.72. The number of hydrogen-bond acceptors (Lipinski definition) is 9. The lowest BCUT2D eigenvalue weighted by molar-refractivity contribution is 0.764. The predicted molar refractivity (Wildman–Crippen MR) is 101 cm³/mol. The van der Waals surface area contributed by atoms with Crippen molar-refractivity contribution in [3.8, 4) is 5.82 Å². The van der Waals surface area contributed by atoms with Gasteiger partial charge in [-0.25, -0.2) is 4.68 Å². The van der Waals surface area contributed by atoms with Gasteiger partial charge in [-0.2, -0.15) is 20.1 Å². The average Bonchev–Trinajstić information content (AvgIpc) is 2.93. The number of nitrogens with zero attached hydrogens (tertiary/aromatic N) is 8. The van der Waals surface area contributed by atoms with E-state index in [0.29, 0.717) is 17.6 Å². The van der Waals surface area contributed by atoms with Crippen LogP contribution in [0, 0.1) is 13.8 Å². The second kappa shape index (κ2) is 7.24. The molecule has 0 fully saturated rings. The number of anilines is 2.